The number of fused-ring (bicyclic) bond motifs is 1. The molecule has 3 aromatic rings. The van der Waals surface area contributed by atoms with Gasteiger partial charge in [-0.25, -0.2) is 5.01 Å². The Labute approximate surface area is 191 Å². The summed E-state index contributed by atoms with van der Waals surface area (Å²) >= 11 is 5.76. The number of rotatable bonds is 5. The van der Waals surface area contributed by atoms with E-state index >= 15 is 0 Å². The van der Waals surface area contributed by atoms with E-state index < -0.39 is 6.04 Å². The average Bonchev–Trinajstić information content (AvgIpc) is 3.37. The number of H-pyrrole nitrogens is 1. The molecule has 2 aliphatic heterocycles. The average molecular weight is 448 g/mol. The summed E-state index contributed by atoms with van der Waals surface area (Å²) in [5.74, 6) is -0.379. The van der Waals surface area contributed by atoms with Crippen LogP contribution in [0.1, 0.15) is 25.7 Å². The Hall–Kier alpha value is -3.23. The van der Waals surface area contributed by atoms with Gasteiger partial charge in [0.05, 0.1) is 12.1 Å². The number of para-hydroxylation sites is 1. The lowest BCUT2D eigenvalue weighted by atomic mass is 10.1. The van der Waals surface area contributed by atoms with Crippen molar-refractivity contribution in [2.24, 2.45) is 0 Å². The van der Waals surface area contributed by atoms with Crippen molar-refractivity contribution in [2.45, 2.75) is 31.7 Å². The molecule has 2 N–H and O–H groups in total. The lowest BCUT2D eigenvalue weighted by molar-refractivity contribution is -0.128. The van der Waals surface area contributed by atoms with Gasteiger partial charge in [-0.2, -0.15) is 0 Å². The Morgan fingerprint density at radius 2 is 1.84 bits per heavy atom. The standard InChI is InChI=1S/C24H25N5O2S/c30-22(26-18-10-9-17-11-12-25-20(17)15-18)16-21-23(31)28(19-7-3-1-4-8-19)24(32)29(21)27-13-5-2-6-14-27/h1,3-4,7-12,15,21,25H,2,5-6,13-14,16H2,(H,26,30). The predicted molar refractivity (Wildman–Crippen MR) is 129 cm³/mol. The lowest BCUT2D eigenvalue weighted by Gasteiger charge is -2.38. The van der Waals surface area contributed by atoms with Crippen LogP contribution in [-0.4, -0.2) is 51.1 Å². The van der Waals surface area contributed by atoms with Crippen molar-refractivity contribution >= 4 is 51.4 Å². The zero-order valence-electron chi connectivity index (χ0n) is 17.7. The van der Waals surface area contributed by atoms with Crippen LogP contribution in [0, 0.1) is 0 Å². The van der Waals surface area contributed by atoms with Crippen LogP contribution >= 0.6 is 12.2 Å². The Kier molecular flexibility index (Phi) is 5.63. The van der Waals surface area contributed by atoms with Gasteiger partial charge >= 0.3 is 0 Å². The molecule has 32 heavy (non-hydrogen) atoms. The highest BCUT2D eigenvalue weighted by Crippen LogP contribution is 2.30. The summed E-state index contributed by atoms with van der Waals surface area (Å²) in [7, 11) is 0. The molecule has 8 heteroatoms. The Balaban J connectivity index is 1.39. The number of hydrogen-bond donors (Lipinski definition) is 2. The Morgan fingerprint density at radius 3 is 2.62 bits per heavy atom. The largest absolute Gasteiger partial charge is 0.361 e. The van der Waals surface area contributed by atoms with E-state index in [0.29, 0.717) is 10.8 Å². The second-order valence-electron chi connectivity index (χ2n) is 8.20. The number of anilines is 2. The zero-order valence-corrected chi connectivity index (χ0v) is 18.5. The van der Waals surface area contributed by atoms with Gasteiger partial charge in [-0.05, 0) is 60.8 Å². The lowest BCUT2D eigenvalue weighted by Crippen LogP contribution is -2.51. The minimum atomic E-state index is -0.657. The molecule has 5 rings (SSSR count). The molecule has 0 radical (unpaired) electrons. The van der Waals surface area contributed by atoms with Crippen molar-refractivity contribution < 1.29 is 9.59 Å². The van der Waals surface area contributed by atoms with Crippen molar-refractivity contribution in [3.05, 3.63) is 60.8 Å². The third-order valence-electron chi connectivity index (χ3n) is 6.06. The van der Waals surface area contributed by atoms with Gasteiger partial charge in [-0.1, -0.05) is 30.7 Å². The molecule has 0 bridgehead atoms. The summed E-state index contributed by atoms with van der Waals surface area (Å²) < 4.78 is 0. The second-order valence-corrected chi connectivity index (χ2v) is 8.56. The normalized spacial score (nSPS) is 19.7. The number of carbonyl (C=O) groups excluding carboxylic acids is 2. The number of amides is 2. The summed E-state index contributed by atoms with van der Waals surface area (Å²) in [6.45, 7) is 1.66. The molecule has 7 nitrogen and oxygen atoms in total. The fourth-order valence-corrected chi connectivity index (χ4v) is 4.93. The topological polar surface area (TPSA) is 71.7 Å². The van der Waals surface area contributed by atoms with Crippen molar-refractivity contribution in [1.82, 2.24) is 15.0 Å². The summed E-state index contributed by atoms with van der Waals surface area (Å²) in [4.78, 5) is 31.2. The van der Waals surface area contributed by atoms with Crippen molar-refractivity contribution in [3.8, 4) is 0 Å². The Morgan fingerprint density at radius 1 is 1.06 bits per heavy atom. The van der Waals surface area contributed by atoms with Gasteiger partial charge in [0.15, 0.2) is 5.11 Å². The number of aromatic amines is 1. The van der Waals surface area contributed by atoms with Gasteiger partial charge in [-0.15, -0.1) is 0 Å². The first-order valence-corrected chi connectivity index (χ1v) is 11.4. The molecule has 0 aliphatic carbocycles. The highest BCUT2D eigenvalue weighted by molar-refractivity contribution is 7.80. The maximum atomic E-state index is 13.5. The van der Waals surface area contributed by atoms with Crippen LogP contribution in [0.3, 0.4) is 0 Å². The quantitative estimate of drug-likeness (QED) is 0.581. The first kappa shape index (κ1) is 20.7. The molecule has 3 heterocycles. The van der Waals surface area contributed by atoms with Crippen LogP contribution in [0.5, 0.6) is 0 Å². The molecule has 0 spiro atoms. The number of benzene rings is 2. The number of nitrogens with one attached hydrogen (secondary N) is 2. The minimum absolute atomic E-state index is 0.0293. The molecule has 1 atom stereocenters. The van der Waals surface area contributed by atoms with Gasteiger partial charge in [0.2, 0.25) is 5.91 Å². The van der Waals surface area contributed by atoms with E-state index in [1.54, 1.807) is 4.90 Å². The first-order valence-electron chi connectivity index (χ1n) is 11.0. The van der Waals surface area contributed by atoms with E-state index in [0.717, 1.165) is 42.5 Å². The summed E-state index contributed by atoms with van der Waals surface area (Å²) in [6.07, 6.45) is 5.16. The van der Waals surface area contributed by atoms with Gasteiger partial charge < -0.3 is 10.3 Å². The number of nitrogens with zero attached hydrogens (tertiary/aromatic N) is 3. The smallest absolute Gasteiger partial charge is 0.258 e. The molecule has 2 saturated heterocycles. The molecule has 164 valence electrons. The SMILES string of the molecule is O=C(CC1C(=O)N(c2ccccc2)C(=S)N1N1CCCCC1)Nc1ccc2cc[nH]c2c1. The summed E-state index contributed by atoms with van der Waals surface area (Å²) in [5, 5.41) is 8.47. The van der Waals surface area contributed by atoms with E-state index in [-0.39, 0.29) is 18.2 Å². The summed E-state index contributed by atoms with van der Waals surface area (Å²) in [5.41, 5.74) is 2.37. The number of piperidine rings is 1. The van der Waals surface area contributed by atoms with E-state index in [9.17, 15) is 9.59 Å². The third-order valence-corrected chi connectivity index (χ3v) is 6.43. The van der Waals surface area contributed by atoms with E-state index in [2.05, 4.69) is 15.3 Å². The van der Waals surface area contributed by atoms with E-state index in [4.69, 9.17) is 12.2 Å². The number of hydrogen-bond acceptors (Lipinski definition) is 4. The molecule has 1 aromatic heterocycles. The van der Waals surface area contributed by atoms with Crippen LogP contribution in [-0.2, 0) is 9.59 Å². The second kappa shape index (κ2) is 8.72. The van der Waals surface area contributed by atoms with Crippen LogP contribution in [0.15, 0.2) is 60.8 Å². The van der Waals surface area contributed by atoms with Crippen LogP contribution in [0.4, 0.5) is 11.4 Å². The third kappa shape index (κ3) is 3.87. The predicted octanol–water partition coefficient (Wildman–Crippen LogP) is 3.90. The van der Waals surface area contributed by atoms with Crippen LogP contribution in [0.25, 0.3) is 10.9 Å². The van der Waals surface area contributed by atoms with Crippen LogP contribution in [0.2, 0.25) is 0 Å². The number of carbonyl (C=O) groups is 2. The summed E-state index contributed by atoms with van der Waals surface area (Å²) in [6, 6.07) is 16.4. The molecule has 1 unspecified atom stereocenters. The molecule has 2 aromatic carbocycles. The molecule has 2 fully saturated rings. The van der Waals surface area contributed by atoms with Gasteiger partial charge in [0.1, 0.15) is 6.04 Å². The minimum Gasteiger partial charge on any atom is -0.361 e. The van der Waals surface area contributed by atoms with Crippen LogP contribution < -0.4 is 10.2 Å². The maximum Gasteiger partial charge on any atom is 0.258 e. The first-order chi connectivity index (χ1) is 15.6. The number of aromatic nitrogens is 1. The Bertz CT molecular complexity index is 1160. The van der Waals surface area contributed by atoms with E-state index in [1.807, 2.05) is 65.8 Å². The number of thiocarbonyl (C=S) groups is 1. The van der Waals surface area contributed by atoms with Gasteiger partial charge in [0, 0.05) is 30.5 Å². The van der Waals surface area contributed by atoms with Gasteiger partial charge in [0.25, 0.3) is 5.91 Å². The molecule has 2 amide bonds. The molecular weight excluding hydrogens is 422 g/mol. The van der Waals surface area contributed by atoms with Crippen molar-refractivity contribution in [2.75, 3.05) is 23.3 Å². The monoisotopic (exact) mass is 447 g/mol. The van der Waals surface area contributed by atoms with Crippen molar-refractivity contribution in [3.63, 3.8) is 0 Å². The highest BCUT2D eigenvalue weighted by Gasteiger charge is 2.46. The number of hydrazine groups is 1. The molecule has 0 saturated carbocycles. The van der Waals surface area contributed by atoms with Gasteiger partial charge in [-0.3, -0.25) is 19.5 Å². The molecular formula is C24H25N5O2S. The highest BCUT2D eigenvalue weighted by atomic mass is 32.1. The zero-order chi connectivity index (χ0) is 22.1. The fraction of sp³-hybridized carbons (Fsp3) is 0.292. The molecule has 2 aliphatic rings. The van der Waals surface area contributed by atoms with E-state index in [1.165, 1.54) is 6.42 Å². The van der Waals surface area contributed by atoms with Crippen molar-refractivity contribution in [1.29, 1.82) is 0 Å². The fourth-order valence-electron chi connectivity index (χ4n) is 4.50. The maximum absolute atomic E-state index is 13.5.